The Kier molecular flexibility index (Phi) is 6.90. The Morgan fingerprint density at radius 3 is 2.69 bits per heavy atom. The van der Waals surface area contributed by atoms with Gasteiger partial charge in [0.2, 0.25) is 5.91 Å². The zero-order chi connectivity index (χ0) is 28.2. The molecular formula is C25H31F3N6O4S. The van der Waals surface area contributed by atoms with E-state index in [-0.39, 0.29) is 16.0 Å². The summed E-state index contributed by atoms with van der Waals surface area (Å²) >= 11 is 0. The van der Waals surface area contributed by atoms with Crippen LogP contribution in [0.5, 0.6) is 5.75 Å². The van der Waals surface area contributed by atoms with E-state index in [4.69, 9.17) is 4.74 Å². The second-order valence-corrected chi connectivity index (χ2v) is 12.7. The lowest BCUT2D eigenvalue weighted by molar-refractivity contribution is -0.124. The summed E-state index contributed by atoms with van der Waals surface area (Å²) in [5, 5.41) is 10.6. The van der Waals surface area contributed by atoms with Gasteiger partial charge in [-0.05, 0) is 51.9 Å². The monoisotopic (exact) mass is 568 g/mol. The number of benzene rings is 1. The van der Waals surface area contributed by atoms with Crippen LogP contribution in [0.3, 0.4) is 0 Å². The fraction of sp³-hybridized carbons (Fsp3) is 0.560. The number of nitrogens with zero attached hydrogens (tertiary/aromatic N) is 5. The van der Waals surface area contributed by atoms with Crippen LogP contribution in [0, 0.1) is 0 Å². The van der Waals surface area contributed by atoms with Gasteiger partial charge in [-0.25, -0.2) is 4.68 Å². The minimum Gasteiger partial charge on any atom is -0.487 e. The zero-order valence-corrected chi connectivity index (χ0v) is 22.7. The average molecular weight is 569 g/mol. The summed E-state index contributed by atoms with van der Waals surface area (Å²) < 4.78 is 71.9. The van der Waals surface area contributed by atoms with Crippen LogP contribution in [-0.2, 0) is 21.2 Å². The fourth-order valence-corrected chi connectivity index (χ4v) is 6.55. The highest BCUT2D eigenvalue weighted by Crippen LogP contribution is 2.43. The Labute approximate surface area is 224 Å². The Morgan fingerprint density at radius 2 is 1.97 bits per heavy atom. The molecule has 10 nitrogen and oxygen atoms in total. The van der Waals surface area contributed by atoms with Crippen LogP contribution in [0.2, 0.25) is 0 Å². The molecule has 0 radical (unpaired) electrons. The number of carbonyl (C=O) groups is 1. The number of amides is 1. The molecule has 2 aromatic rings. The molecule has 212 valence electrons. The molecule has 5 rings (SSSR count). The molecule has 3 unspecified atom stereocenters. The van der Waals surface area contributed by atoms with E-state index in [0.717, 1.165) is 30.5 Å². The molecule has 1 saturated heterocycles. The molecule has 1 aromatic carbocycles. The van der Waals surface area contributed by atoms with Crippen LogP contribution in [0.4, 0.5) is 13.2 Å². The van der Waals surface area contributed by atoms with Gasteiger partial charge >= 0.3 is 15.5 Å². The highest BCUT2D eigenvalue weighted by atomic mass is 32.2. The second kappa shape index (κ2) is 9.81. The van der Waals surface area contributed by atoms with Gasteiger partial charge in [0.05, 0.1) is 11.7 Å². The number of alkyl halides is 3. The van der Waals surface area contributed by atoms with E-state index in [1.807, 2.05) is 19.9 Å². The number of rotatable bonds is 5. The van der Waals surface area contributed by atoms with Gasteiger partial charge < -0.3 is 10.1 Å². The summed E-state index contributed by atoms with van der Waals surface area (Å²) in [4.78, 5) is 14.8. The highest BCUT2D eigenvalue weighted by molar-refractivity contribution is 7.90. The number of hydrogen-bond donors (Lipinski definition) is 1. The molecule has 39 heavy (non-hydrogen) atoms. The van der Waals surface area contributed by atoms with Crippen molar-refractivity contribution in [3.8, 4) is 5.75 Å². The average Bonchev–Trinajstić information content (AvgIpc) is 3.32. The summed E-state index contributed by atoms with van der Waals surface area (Å²) in [5.41, 5.74) is -3.85. The number of ether oxygens (including phenoxy) is 1. The van der Waals surface area contributed by atoms with E-state index in [0.29, 0.717) is 18.7 Å². The maximum absolute atomic E-state index is 13.2. The molecule has 3 aliphatic rings. The third kappa shape index (κ3) is 5.23. The van der Waals surface area contributed by atoms with Gasteiger partial charge in [0.1, 0.15) is 17.4 Å². The van der Waals surface area contributed by atoms with Gasteiger partial charge in [-0.3, -0.25) is 14.0 Å². The summed E-state index contributed by atoms with van der Waals surface area (Å²) in [6.45, 7) is 4.98. The van der Waals surface area contributed by atoms with Crippen molar-refractivity contribution in [1.29, 1.82) is 0 Å². The van der Waals surface area contributed by atoms with Crippen LogP contribution >= 0.6 is 0 Å². The van der Waals surface area contributed by atoms with Crippen LogP contribution in [-0.4, -0.2) is 69.3 Å². The maximum Gasteiger partial charge on any atom is 0.516 e. The molecule has 14 heteroatoms. The Balaban J connectivity index is 1.42. The molecule has 4 heterocycles. The van der Waals surface area contributed by atoms with Gasteiger partial charge in [0.15, 0.2) is 0 Å². The van der Waals surface area contributed by atoms with Crippen LogP contribution in [0.25, 0.3) is 0 Å². The largest absolute Gasteiger partial charge is 0.516 e. The molecular weight excluding hydrogens is 537 g/mol. The van der Waals surface area contributed by atoms with E-state index in [2.05, 4.69) is 39.7 Å². The van der Waals surface area contributed by atoms with Gasteiger partial charge in [-0.1, -0.05) is 23.8 Å². The van der Waals surface area contributed by atoms with Gasteiger partial charge in [-0.15, -0.1) is 5.10 Å². The first-order valence-corrected chi connectivity index (χ1v) is 14.2. The van der Waals surface area contributed by atoms with Crippen LogP contribution in [0.1, 0.15) is 68.4 Å². The number of nitrogens with one attached hydrogen (secondary N) is 1. The number of carbonyl (C=O) groups excluding carboxylic acids is 1. The summed E-state index contributed by atoms with van der Waals surface area (Å²) in [5.74, 6) is -0.151. The van der Waals surface area contributed by atoms with Crippen LogP contribution in [0.15, 0.2) is 36.8 Å². The lowest BCUT2D eigenvalue weighted by atomic mass is 9.87. The van der Waals surface area contributed by atoms with Crippen molar-refractivity contribution in [1.82, 2.24) is 29.5 Å². The first-order chi connectivity index (χ1) is 18.3. The topological polar surface area (TPSA) is 110 Å². The number of sulfonamides is 1. The lowest BCUT2D eigenvalue weighted by Gasteiger charge is -2.39. The number of hydrogen-bond acceptors (Lipinski definition) is 7. The SMILES string of the molecule is CN1CCCCC1c1ccc2c(c1)OC(C)(C)CC2n1cc(CC2C(=O)NC=CN2S(=O)(=O)C(F)(F)F)nn1. The predicted octanol–water partition coefficient (Wildman–Crippen LogP) is 3.25. The molecule has 3 aliphatic heterocycles. The van der Waals surface area contributed by atoms with Crippen molar-refractivity contribution >= 4 is 15.9 Å². The summed E-state index contributed by atoms with van der Waals surface area (Å²) in [6, 6.07) is 4.55. The molecule has 0 saturated carbocycles. The Bertz CT molecular complexity index is 1390. The first-order valence-electron chi connectivity index (χ1n) is 12.8. The number of likely N-dealkylation sites (tertiary alicyclic amines) is 1. The van der Waals surface area contributed by atoms with Crippen molar-refractivity contribution in [2.45, 2.75) is 75.2 Å². The number of halogens is 3. The molecule has 1 amide bonds. The standard InChI is InChI=1S/C25H31F3N6O4S/c1-24(2)14-21(18-8-7-16(12-22(18)38-24)19-6-4-5-10-32(19)3)33-15-17(30-31-33)13-20-23(35)29-9-11-34(20)39(36,37)25(26,27)28/h7-9,11-12,15,19-21H,4-6,10,13-14H2,1-3H3,(H,29,35). The first kappa shape index (κ1) is 27.4. The third-order valence-corrected chi connectivity index (χ3v) is 9.05. The number of piperidine rings is 1. The predicted molar refractivity (Wildman–Crippen MR) is 135 cm³/mol. The Hall–Kier alpha value is -3.13. The van der Waals surface area contributed by atoms with Crippen molar-refractivity contribution in [3.63, 3.8) is 0 Å². The molecule has 1 N–H and O–H groups in total. The van der Waals surface area contributed by atoms with Crippen molar-refractivity contribution in [3.05, 3.63) is 53.6 Å². The highest BCUT2D eigenvalue weighted by Gasteiger charge is 2.53. The third-order valence-electron chi connectivity index (χ3n) is 7.53. The van der Waals surface area contributed by atoms with Crippen molar-refractivity contribution in [2.75, 3.05) is 13.6 Å². The molecule has 0 aliphatic carbocycles. The smallest absolute Gasteiger partial charge is 0.487 e. The van der Waals surface area contributed by atoms with E-state index in [9.17, 15) is 26.4 Å². The minimum atomic E-state index is -5.78. The number of fused-ring (bicyclic) bond motifs is 1. The van der Waals surface area contributed by atoms with Crippen molar-refractivity contribution < 1.29 is 31.1 Å². The lowest BCUT2D eigenvalue weighted by Crippen LogP contribution is -2.53. The molecule has 0 spiro atoms. The quantitative estimate of drug-likeness (QED) is 0.590. The normalized spacial score (nSPS) is 25.6. The van der Waals surface area contributed by atoms with E-state index >= 15 is 0 Å². The summed E-state index contributed by atoms with van der Waals surface area (Å²) in [7, 11) is -3.66. The molecule has 1 aromatic heterocycles. The van der Waals surface area contributed by atoms with Gasteiger partial charge in [0, 0.05) is 43.0 Å². The van der Waals surface area contributed by atoms with Crippen LogP contribution < -0.4 is 10.1 Å². The summed E-state index contributed by atoms with van der Waals surface area (Å²) in [6.07, 6.45) is 6.67. The van der Waals surface area contributed by atoms with Gasteiger partial charge in [0.25, 0.3) is 0 Å². The minimum absolute atomic E-state index is 0.0293. The molecule has 0 bridgehead atoms. The zero-order valence-electron chi connectivity index (χ0n) is 21.8. The van der Waals surface area contributed by atoms with Gasteiger partial charge in [-0.2, -0.15) is 21.6 Å². The maximum atomic E-state index is 13.2. The molecule has 1 fully saturated rings. The van der Waals surface area contributed by atoms with E-state index in [1.54, 1.807) is 10.9 Å². The number of aromatic nitrogens is 3. The van der Waals surface area contributed by atoms with E-state index < -0.39 is 39.5 Å². The Morgan fingerprint density at radius 1 is 1.21 bits per heavy atom. The van der Waals surface area contributed by atoms with E-state index in [1.165, 1.54) is 18.4 Å². The van der Waals surface area contributed by atoms with Crippen molar-refractivity contribution in [2.24, 2.45) is 0 Å². The molecule has 3 atom stereocenters. The second-order valence-electron chi connectivity index (χ2n) is 10.9. The fourth-order valence-electron chi connectivity index (χ4n) is 5.58.